The Hall–Kier alpha value is -2.81. The third kappa shape index (κ3) is 7.61. The summed E-state index contributed by atoms with van der Waals surface area (Å²) in [6, 6.07) is -1.38. The van der Waals surface area contributed by atoms with Gasteiger partial charge >= 0.3 is 5.97 Å². The molecule has 16 heteroatoms. The third-order valence-electron chi connectivity index (χ3n) is 9.57. The molecule has 2 bridgehead atoms. The molecule has 0 radical (unpaired) electrons. The number of carbonyl (C=O) groups is 3. The largest absolute Gasteiger partial charge is 0.457 e. The maximum absolute atomic E-state index is 13.1. The summed E-state index contributed by atoms with van der Waals surface area (Å²) in [7, 11) is 0. The summed E-state index contributed by atoms with van der Waals surface area (Å²) in [5, 5.41) is 7.83. The minimum atomic E-state index is -1.25. The molecule has 0 spiro atoms. The Morgan fingerprint density at radius 1 is 0.800 bits per heavy atom. The number of ketones is 2. The first-order valence-corrected chi connectivity index (χ1v) is 15.6. The zero-order chi connectivity index (χ0) is 33.0. The van der Waals surface area contributed by atoms with Crippen LogP contribution in [0.3, 0.4) is 0 Å². The van der Waals surface area contributed by atoms with E-state index in [0.29, 0.717) is 6.42 Å². The number of esters is 1. The summed E-state index contributed by atoms with van der Waals surface area (Å²) in [4.78, 5) is 43.6. The molecule has 0 aromatic rings. The molecule has 4 aliphatic heterocycles. The molecule has 4 fully saturated rings. The molecule has 0 N–H and O–H groups in total. The molecule has 0 aromatic carbocycles. The van der Waals surface area contributed by atoms with Gasteiger partial charge in [0, 0.05) is 22.2 Å². The van der Waals surface area contributed by atoms with E-state index < -0.39 is 73.4 Å². The summed E-state index contributed by atoms with van der Waals surface area (Å²) in [5.41, 5.74) is 18.4. The summed E-state index contributed by atoms with van der Waals surface area (Å²) in [6.07, 6.45) is -7.09. The molecular weight excluding hydrogens is 592 g/mol. The highest BCUT2D eigenvalue weighted by Crippen LogP contribution is 2.41. The zero-order valence-electron chi connectivity index (χ0n) is 26.8. The number of hydrogen-bond donors (Lipinski definition) is 0. The first-order chi connectivity index (χ1) is 21.4. The Morgan fingerprint density at radius 3 is 2.09 bits per heavy atom. The van der Waals surface area contributed by atoms with Crippen LogP contribution in [0.2, 0.25) is 0 Å². The molecule has 250 valence electrons. The highest BCUT2D eigenvalue weighted by Gasteiger charge is 2.55. The number of azide groups is 2. The van der Waals surface area contributed by atoms with E-state index >= 15 is 0 Å². The fraction of sp³-hybridized carbons (Fsp3) is 0.897. The van der Waals surface area contributed by atoms with Gasteiger partial charge in [0.25, 0.3) is 0 Å². The molecule has 4 saturated heterocycles. The minimum absolute atomic E-state index is 0.0112. The lowest BCUT2D eigenvalue weighted by molar-refractivity contribution is -0.336. The van der Waals surface area contributed by atoms with Crippen molar-refractivity contribution in [1.29, 1.82) is 0 Å². The van der Waals surface area contributed by atoms with Gasteiger partial charge in [0.1, 0.15) is 24.1 Å². The standard InChI is InChI=1S/C29H44N6O10/c1-8-18-13(3)14(4)21(32-34-30)28(40-18)44-24-16(6)25(42-20(38)10-9-12(2)36)29(45-26(24)17(7)37)43-23-15(5)22(33-35-31)27-39-11-19(23)41-27/h13-16,18-19,21-29H,8-11H2,1-7H3/t13-,14+,15-,16+,18?,19?,21?,22?,23-,24-,25?,26?,27+,28+,29-/m1/s1. The molecule has 0 amide bonds. The number of rotatable bonds is 12. The van der Waals surface area contributed by atoms with E-state index in [1.165, 1.54) is 13.8 Å². The van der Waals surface area contributed by atoms with E-state index in [0.717, 1.165) is 0 Å². The molecule has 0 saturated carbocycles. The number of ether oxygens (including phenoxy) is 7. The predicted octanol–water partition coefficient (Wildman–Crippen LogP) is 4.14. The van der Waals surface area contributed by atoms with Crippen LogP contribution in [0.4, 0.5) is 0 Å². The molecule has 0 aromatic heterocycles. The van der Waals surface area contributed by atoms with Crippen LogP contribution in [-0.2, 0) is 47.5 Å². The van der Waals surface area contributed by atoms with Crippen molar-refractivity contribution in [3.8, 4) is 0 Å². The molecular formula is C29H44N6O10. The fourth-order valence-corrected chi connectivity index (χ4v) is 6.68. The first-order valence-electron chi connectivity index (χ1n) is 15.6. The van der Waals surface area contributed by atoms with Gasteiger partial charge in [-0.1, -0.05) is 44.8 Å². The van der Waals surface area contributed by atoms with E-state index in [-0.39, 0.29) is 54.9 Å². The number of Topliss-reactive ketones (excluding diaryl/α,β-unsaturated/α-hetero) is 2. The third-order valence-corrected chi connectivity index (χ3v) is 9.57. The Kier molecular flexibility index (Phi) is 11.8. The quantitative estimate of drug-likeness (QED) is 0.129. The predicted molar refractivity (Wildman–Crippen MR) is 155 cm³/mol. The average Bonchev–Trinajstić information content (AvgIpc) is 3.44. The van der Waals surface area contributed by atoms with Crippen LogP contribution >= 0.6 is 0 Å². The van der Waals surface area contributed by atoms with Crippen molar-refractivity contribution in [2.45, 2.75) is 135 Å². The topological polar surface area (TPSA) is 213 Å². The SMILES string of the molecule is CCC1O[C@@H](O[C@H]2C(C(C)=O)O[C@@H](O[C@H]3C4CO[C@@H](O4)C(N=[N+]=[N-])[C@H]3C)C(OC(=O)CCC(C)=O)[C@H]2C)C(N=[N+]=[N-])[C@@H](C)[C@H]1C. The number of carbonyl (C=O) groups excluding carboxylic acids is 3. The molecule has 45 heavy (non-hydrogen) atoms. The second-order valence-electron chi connectivity index (χ2n) is 12.5. The van der Waals surface area contributed by atoms with Gasteiger partial charge in [-0.3, -0.25) is 9.59 Å². The van der Waals surface area contributed by atoms with Gasteiger partial charge in [-0.05, 0) is 49.1 Å². The van der Waals surface area contributed by atoms with Crippen LogP contribution in [-0.4, -0.2) is 91.7 Å². The van der Waals surface area contributed by atoms with Gasteiger partial charge < -0.3 is 38.0 Å². The molecule has 4 heterocycles. The fourth-order valence-electron chi connectivity index (χ4n) is 6.68. The lowest BCUT2D eigenvalue weighted by Crippen LogP contribution is -2.62. The van der Waals surface area contributed by atoms with E-state index in [1.54, 1.807) is 6.92 Å². The van der Waals surface area contributed by atoms with Crippen LogP contribution in [0.15, 0.2) is 10.2 Å². The van der Waals surface area contributed by atoms with Crippen molar-refractivity contribution in [2.24, 2.45) is 33.9 Å². The Morgan fingerprint density at radius 2 is 1.47 bits per heavy atom. The van der Waals surface area contributed by atoms with Crippen LogP contribution in [0.5, 0.6) is 0 Å². The number of hydrogen-bond acceptors (Lipinski definition) is 12. The highest BCUT2D eigenvalue weighted by molar-refractivity contribution is 5.82. The Balaban J connectivity index is 1.65. The normalized spacial score (nSPS) is 42.6. The maximum Gasteiger partial charge on any atom is 0.306 e. The highest BCUT2D eigenvalue weighted by atomic mass is 16.8. The van der Waals surface area contributed by atoms with Gasteiger partial charge in [0.2, 0.25) is 0 Å². The van der Waals surface area contributed by atoms with Crippen LogP contribution < -0.4 is 0 Å². The maximum atomic E-state index is 13.1. The van der Waals surface area contributed by atoms with Crippen LogP contribution in [0.1, 0.15) is 67.7 Å². The van der Waals surface area contributed by atoms with Crippen LogP contribution in [0.25, 0.3) is 20.9 Å². The summed E-state index contributed by atoms with van der Waals surface area (Å²) >= 11 is 0. The lowest BCUT2D eigenvalue weighted by Gasteiger charge is -2.49. The van der Waals surface area contributed by atoms with Crippen molar-refractivity contribution in [3.63, 3.8) is 0 Å². The van der Waals surface area contributed by atoms with E-state index in [2.05, 4.69) is 20.1 Å². The number of fused-ring (bicyclic) bond motifs is 2. The minimum Gasteiger partial charge on any atom is -0.457 e. The van der Waals surface area contributed by atoms with E-state index in [9.17, 15) is 19.9 Å². The van der Waals surface area contributed by atoms with Gasteiger partial charge in [0.15, 0.2) is 30.8 Å². The van der Waals surface area contributed by atoms with Crippen LogP contribution in [0, 0.1) is 23.7 Å². The van der Waals surface area contributed by atoms with Crippen molar-refractivity contribution in [3.05, 3.63) is 20.9 Å². The average molecular weight is 637 g/mol. The Labute approximate surface area is 261 Å². The van der Waals surface area contributed by atoms with E-state index in [1.807, 2.05) is 27.7 Å². The number of nitrogens with zero attached hydrogens (tertiary/aromatic N) is 6. The second kappa shape index (κ2) is 15.2. The van der Waals surface area contributed by atoms with Crippen molar-refractivity contribution in [1.82, 2.24) is 0 Å². The van der Waals surface area contributed by atoms with Gasteiger partial charge in [-0.2, -0.15) is 0 Å². The van der Waals surface area contributed by atoms with Crippen molar-refractivity contribution >= 4 is 17.5 Å². The van der Waals surface area contributed by atoms with Gasteiger partial charge in [-0.15, -0.1) is 0 Å². The van der Waals surface area contributed by atoms with Crippen molar-refractivity contribution in [2.75, 3.05) is 6.61 Å². The lowest BCUT2D eigenvalue weighted by atomic mass is 9.81. The molecule has 0 aliphatic carbocycles. The Bertz CT molecular complexity index is 1190. The monoisotopic (exact) mass is 636 g/mol. The summed E-state index contributed by atoms with van der Waals surface area (Å²) < 4.78 is 42.9. The molecule has 15 atom stereocenters. The smallest absolute Gasteiger partial charge is 0.306 e. The summed E-state index contributed by atoms with van der Waals surface area (Å²) in [5.74, 6) is -2.27. The van der Waals surface area contributed by atoms with Gasteiger partial charge in [0.05, 0.1) is 37.3 Å². The summed E-state index contributed by atoms with van der Waals surface area (Å²) in [6.45, 7) is 12.5. The molecule has 16 nitrogen and oxygen atoms in total. The van der Waals surface area contributed by atoms with Crippen molar-refractivity contribution < 1.29 is 47.5 Å². The van der Waals surface area contributed by atoms with Gasteiger partial charge in [-0.25, -0.2) is 0 Å². The molecule has 4 rings (SSSR count). The van der Waals surface area contributed by atoms with E-state index in [4.69, 9.17) is 38.7 Å². The second-order valence-corrected chi connectivity index (χ2v) is 12.5. The molecule has 6 unspecified atom stereocenters. The zero-order valence-corrected chi connectivity index (χ0v) is 26.8. The molecule has 4 aliphatic rings. The first kappa shape index (κ1) is 35.1.